The molecule has 2 N–H and O–H groups in total. The molecule has 2 amide bonds. The smallest absolute Gasteiger partial charge is 0.276 e. The second-order valence-electron chi connectivity index (χ2n) is 6.02. The average Bonchev–Trinajstić information content (AvgIpc) is 3.27. The van der Waals surface area contributed by atoms with Crippen molar-refractivity contribution in [2.45, 2.75) is 13.7 Å². The fraction of sp³-hybridized carbons (Fsp3) is 0.222. The number of aryl methyl sites for hydroxylation is 2. The molecule has 0 saturated carbocycles. The third-order valence-electron chi connectivity index (χ3n) is 3.88. The molecule has 0 aliphatic heterocycles. The lowest BCUT2D eigenvalue weighted by Gasteiger charge is -2.09. The van der Waals surface area contributed by atoms with Gasteiger partial charge in [0.25, 0.3) is 11.8 Å². The van der Waals surface area contributed by atoms with Gasteiger partial charge in [0.15, 0.2) is 18.1 Å². The van der Waals surface area contributed by atoms with Crippen LogP contribution < -0.4 is 15.4 Å². The van der Waals surface area contributed by atoms with Crippen molar-refractivity contribution in [3.8, 4) is 5.75 Å². The fourth-order valence-electron chi connectivity index (χ4n) is 2.52. The Hall–Kier alpha value is -3.33. The Balaban J connectivity index is 1.67. The number of nitrogens with zero attached hydrogens (tertiary/aromatic N) is 4. The van der Waals surface area contributed by atoms with E-state index in [0.29, 0.717) is 16.5 Å². The highest BCUT2D eigenvalue weighted by Crippen LogP contribution is 2.22. The topological polar surface area (TPSA) is 103 Å². The number of carbonyl (C=O) groups excluding carboxylic acids is 2. The van der Waals surface area contributed by atoms with E-state index in [2.05, 4.69) is 20.8 Å². The maximum atomic E-state index is 12.5. The monoisotopic (exact) mass is 402 g/mol. The molecule has 0 unspecified atom stereocenters. The van der Waals surface area contributed by atoms with Gasteiger partial charge in [-0.15, -0.1) is 0 Å². The largest absolute Gasteiger partial charge is 0.471 e. The standard InChI is InChI=1S/C18H19ClN6O3/c1-11-8-12(19)4-5-15(11)28-10-25-7-6-13(22-25)17(26)21-14-9-24(3)23-16(14)18(27)20-2/h4-9H,10H2,1-3H3,(H,20,27)(H,21,26). The van der Waals surface area contributed by atoms with Crippen molar-refractivity contribution < 1.29 is 14.3 Å². The molecule has 3 aromatic rings. The first-order chi connectivity index (χ1) is 13.4. The van der Waals surface area contributed by atoms with Crippen LogP contribution in [0.1, 0.15) is 26.5 Å². The summed E-state index contributed by atoms with van der Waals surface area (Å²) in [6.07, 6.45) is 3.18. The van der Waals surface area contributed by atoms with Gasteiger partial charge in [0, 0.05) is 31.5 Å². The molecule has 2 aromatic heterocycles. The number of rotatable bonds is 6. The van der Waals surface area contributed by atoms with Gasteiger partial charge in [-0.25, -0.2) is 4.68 Å². The van der Waals surface area contributed by atoms with E-state index in [4.69, 9.17) is 16.3 Å². The second kappa shape index (κ2) is 8.13. The molecule has 10 heteroatoms. The van der Waals surface area contributed by atoms with Crippen molar-refractivity contribution in [1.82, 2.24) is 24.9 Å². The van der Waals surface area contributed by atoms with Gasteiger partial charge < -0.3 is 15.4 Å². The van der Waals surface area contributed by atoms with Gasteiger partial charge in [-0.3, -0.25) is 14.3 Å². The maximum absolute atomic E-state index is 12.5. The zero-order chi connectivity index (χ0) is 20.3. The van der Waals surface area contributed by atoms with E-state index >= 15 is 0 Å². The molecule has 9 nitrogen and oxygen atoms in total. The third kappa shape index (κ3) is 4.32. The highest BCUT2D eigenvalue weighted by Gasteiger charge is 2.18. The molecule has 0 aliphatic rings. The van der Waals surface area contributed by atoms with Gasteiger partial charge in [0.1, 0.15) is 5.75 Å². The summed E-state index contributed by atoms with van der Waals surface area (Å²) in [5.41, 5.74) is 1.51. The van der Waals surface area contributed by atoms with Crippen LogP contribution in [0.3, 0.4) is 0 Å². The first-order valence-electron chi connectivity index (χ1n) is 8.37. The molecule has 1 aromatic carbocycles. The Labute approximate surface area is 166 Å². The summed E-state index contributed by atoms with van der Waals surface area (Å²) in [6.45, 7) is 2.02. The number of anilines is 1. The molecular weight excluding hydrogens is 384 g/mol. The van der Waals surface area contributed by atoms with E-state index in [1.807, 2.05) is 6.92 Å². The summed E-state index contributed by atoms with van der Waals surface area (Å²) in [4.78, 5) is 24.3. The molecule has 0 saturated heterocycles. The lowest BCUT2D eigenvalue weighted by atomic mass is 10.2. The molecule has 3 rings (SSSR count). The Morgan fingerprint density at radius 1 is 1.21 bits per heavy atom. The number of benzene rings is 1. The van der Waals surface area contributed by atoms with E-state index < -0.39 is 11.8 Å². The number of amides is 2. The molecule has 146 valence electrons. The van der Waals surface area contributed by atoms with E-state index in [1.54, 1.807) is 43.7 Å². The normalized spacial score (nSPS) is 10.6. The van der Waals surface area contributed by atoms with Crippen molar-refractivity contribution in [3.05, 3.63) is 58.6 Å². The van der Waals surface area contributed by atoms with Crippen LogP contribution in [0.5, 0.6) is 5.75 Å². The Morgan fingerprint density at radius 3 is 2.71 bits per heavy atom. The van der Waals surface area contributed by atoms with Crippen molar-refractivity contribution in [3.63, 3.8) is 0 Å². The predicted molar refractivity (Wildman–Crippen MR) is 104 cm³/mol. The van der Waals surface area contributed by atoms with Crippen LogP contribution in [0.15, 0.2) is 36.7 Å². The SMILES string of the molecule is CNC(=O)c1nn(C)cc1NC(=O)c1ccn(COc2ccc(Cl)cc2C)n1. The van der Waals surface area contributed by atoms with Gasteiger partial charge in [-0.1, -0.05) is 11.6 Å². The minimum absolute atomic E-state index is 0.124. The lowest BCUT2D eigenvalue weighted by molar-refractivity contribution is 0.0958. The van der Waals surface area contributed by atoms with E-state index in [9.17, 15) is 9.59 Å². The van der Waals surface area contributed by atoms with Crippen LogP contribution >= 0.6 is 11.6 Å². The highest BCUT2D eigenvalue weighted by atomic mass is 35.5. The van der Waals surface area contributed by atoms with Crippen LogP contribution in [0.2, 0.25) is 5.02 Å². The minimum Gasteiger partial charge on any atom is -0.471 e. The Morgan fingerprint density at radius 2 is 2.00 bits per heavy atom. The van der Waals surface area contributed by atoms with Gasteiger partial charge in [0.2, 0.25) is 0 Å². The zero-order valence-corrected chi connectivity index (χ0v) is 16.3. The van der Waals surface area contributed by atoms with Gasteiger partial charge in [-0.2, -0.15) is 10.2 Å². The average molecular weight is 403 g/mol. The van der Waals surface area contributed by atoms with E-state index in [-0.39, 0.29) is 18.1 Å². The molecular formula is C18H19ClN6O3. The second-order valence-corrected chi connectivity index (χ2v) is 6.46. The summed E-state index contributed by atoms with van der Waals surface area (Å²) in [7, 11) is 3.15. The first-order valence-corrected chi connectivity index (χ1v) is 8.74. The molecule has 0 radical (unpaired) electrons. The number of aromatic nitrogens is 4. The molecule has 0 fully saturated rings. The maximum Gasteiger partial charge on any atom is 0.276 e. The molecule has 0 spiro atoms. The Bertz CT molecular complexity index is 1030. The molecule has 2 heterocycles. The van der Waals surface area contributed by atoms with Crippen molar-refractivity contribution in [2.75, 3.05) is 12.4 Å². The molecule has 28 heavy (non-hydrogen) atoms. The lowest BCUT2D eigenvalue weighted by Crippen LogP contribution is -2.21. The Kier molecular flexibility index (Phi) is 5.65. The fourth-order valence-corrected chi connectivity index (χ4v) is 2.74. The number of hydrogen-bond donors (Lipinski definition) is 2. The highest BCUT2D eigenvalue weighted by molar-refractivity contribution is 6.30. The number of carbonyl (C=O) groups is 2. The van der Waals surface area contributed by atoms with Crippen molar-refractivity contribution in [2.24, 2.45) is 7.05 Å². The van der Waals surface area contributed by atoms with Gasteiger partial charge in [-0.05, 0) is 36.8 Å². The zero-order valence-electron chi connectivity index (χ0n) is 15.6. The van der Waals surface area contributed by atoms with Crippen molar-refractivity contribution >= 4 is 29.1 Å². The minimum atomic E-state index is -0.459. The van der Waals surface area contributed by atoms with Crippen LogP contribution in [-0.2, 0) is 13.8 Å². The summed E-state index contributed by atoms with van der Waals surface area (Å²) in [6, 6.07) is 6.88. The van der Waals surface area contributed by atoms with Crippen LogP contribution in [0, 0.1) is 6.92 Å². The molecule has 0 aliphatic carbocycles. The summed E-state index contributed by atoms with van der Waals surface area (Å²) in [5, 5.41) is 14.0. The summed E-state index contributed by atoms with van der Waals surface area (Å²) >= 11 is 5.93. The van der Waals surface area contributed by atoms with Crippen LogP contribution in [0.25, 0.3) is 0 Å². The number of halogens is 1. The first kappa shape index (κ1) is 19.4. The van der Waals surface area contributed by atoms with E-state index in [0.717, 1.165) is 5.56 Å². The number of hydrogen-bond acceptors (Lipinski definition) is 5. The van der Waals surface area contributed by atoms with E-state index in [1.165, 1.54) is 16.4 Å². The third-order valence-corrected chi connectivity index (χ3v) is 4.12. The van der Waals surface area contributed by atoms with Crippen molar-refractivity contribution in [1.29, 1.82) is 0 Å². The molecule has 0 bridgehead atoms. The summed E-state index contributed by atoms with van der Waals surface area (Å²) in [5.74, 6) is -0.177. The number of ether oxygens (including phenoxy) is 1. The quantitative estimate of drug-likeness (QED) is 0.658. The predicted octanol–water partition coefficient (Wildman–Crippen LogP) is 2.23. The van der Waals surface area contributed by atoms with Gasteiger partial charge >= 0.3 is 0 Å². The molecule has 0 atom stereocenters. The van der Waals surface area contributed by atoms with Crippen LogP contribution in [0.4, 0.5) is 5.69 Å². The van der Waals surface area contributed by atoms with Crippen LogP contribution in [-0.4, -0.2) is 38.4 Å². The van der Waals surface area contributed by atoms with Gasteiger partial charge in [0.05, 0.1) is 5.69 Å². The summed E-state index contributed by atoms with van der Waals surface area (Å²) < 4.78 is 8.64. The number of nitrogens with one attached hydrogen (secondary N) is 2.